The van der Waals surface area contributed by atoms with Crippen molar-refractivity contribution < 1.29 is 4.74 Å². The highest BCUT2D eigenvalue weighted by Crippen LogP contribution is 2.34. The first kappa shape index (κ1) is 11.0. The molecule has 0 spiro atoms. The maximum absolute atomic E-state index is 5.66. The van der Waals surface area contributed by atoms with Crippen LogP contribution in [0.1, 0.15) is 33.1 Å². The molecule has 0 amide bonds. The molecule has 3 aliphatic heterocycles. The van der Waals surface area contributed by atoms with Gasteiger partial charge in [0.05, 0.1) is 19.4 Å². The maximum atomic E-state index is 5.66. The van der Waals surface area contributed by atoms with E-state index in [9.17, 15) is 0 Å². The zero-order valence-corrected chi connectivity index (χ0v) is 10.5. The molecule has 3 saturated heterocycles. The van der Waals surface area contributed by atoms with Gasteiger partial charge in [0.1, 0.15) is 0 Å². The number of morpholine rings is 1. The number of piperidine rings is 1. The molecule has 92 valence electrons. The van der Waals surface area contributed by atoms with Gasteiger partial charge in [0, 0.05) is 12.1 Å². The van der Waals surface area contributed by atoms with Gasteiger partial charge < -0.3 is 10.1 Å². The fraction of sp³-hybridized carbons (Fsp3) is 1.00. The number of hydrogen-bond donors (Lipinski definition) is 1. The Kier molecular flexibility index (Phi) is 2.94. The Labute approximate surface area is 98.5 Å². The number of ether oxygens (including phenoxy) is 1. The van der Waals surface area contributed by atoms with E-state index < -0.39 is 0 Å². The van der Waals surface area contributed by atoms with E-state index in [-0.39, 0.29) is 0 Å². The largest absolute Gasteiger partial charge is 0.378 e. The minimum atomic E-state index is 0.609. The number of rotatable bonds is 1. The van der Waals surface area contributed by atoms with E-state index in [1.54, 1.807) is 0 Å². The van der Waals surface area contributed by atoms with Gasteiger partial charge in [0.25, 0.3) is 0 Å². The number of nitrogens with one attached hydrogen (secondary N) is 1. The van der Waals surface area contributed by atoms with Gasteiger partial charge in [-0.3, -0.25) is 4.90 Å². The molecule has 5 unspecified atom stereocenters. The standard InChI is InChI=1S/C13H24N2O/c1-9-5-10(2)13(14-6-9)15-11-3-4-12(15)8-16-7-11/h9-14H,3-8H2,1-2H3. The summed E-state index contributed by atoms with van der Waals surface area (Å²) < 4.78 is 5.66. The van der Waals surface area contributed by atoms with Crippen LogP contribution in [0.3, 0.4) is 0 Å². The first-order valence-electron chi connectivity index (χ1n) is 6.84. The normalized spacial score (nSPS) is 49.5. The second kappa shape index (κ2) is 4.28. The maximum Gasteiger partial charge on any atom is 0.0630 e. The van der Waals surface area contributed by atoms with Gasteiger partial charge in [-0.05, 0) is 37.6 Å². The van der Waals surface area contributed by atoms with E-state index in [1.807, 2.05) is 0 Å². The van der Waals surface area contributed by atoms with Crippen molar-refractivity contribution in [3.63, 3.8) is 0 Å². The van der Waals surface area contributed by atoms with Crippen molar-refractivity contribution in [3.05, 3.63) is 0 Å². The van der Waals surface area contributed by atoms with E-state index in [0.29, 0.717) is 18.2 Å². The van der Waals surface area contributed by atoms with Crippen LogP contribution in [0.15, 0.2) is 0 Å². The van der Waals surface area contributed by atoms with E-state index in [1.165, 1.54) is 25.8 Å². The van der Waals surface area contributed by atoms with Crippen molar-refractivity contribution in [2.45, 2.75) is 51.4 Å². The lowest BCUT2D eigenvalue weighted by Gasteiger charge is -2.46. The lowest BCUT2D eigenvalue weighted by Crippen LogP contribution is -2.61. The van der Waals surface area contributed by atoms with Crippen LogP contribution in [0, 0.1) is 11.8 Å². The summed E-state index contributed by atoms with van der Waals surface area (Å²) in [6.45, 7) is 7.86. The van der Waals surface area contributed by atoms with Crippen LogP contribution >= 0.6 is 0 Å². The van der Waals surface area contributed by atoms with E-state index in [0.717, 1.165) is 25.0 Å². The van der Waals surface area contributed by atoms with Crippen LogP contribution in [-0.2, 0) is 4.74 Å². The SMILES string of the molecule is CC1CNC(N2C3CCC2COC3)C(C)C1. The molecule has 16 heavy (non-hydrogen) atoms. The number of nitrogens with zero attached hydrogens (tertiary/aromatic N) is 1. The Morgan fingerprint density at radius 3 is 2.44 bits per heavy atom. The van der Waals surface area contributed by atoms with E-state index in [2.05, 4.69) is 24.1 Å². The first-order chi connectivity index (χ1) is 7.75. The first-order valence-corrected chi connectivity index (χ1v) is 6.84. The van der Waals surface area contributed by atoms with Crippen LogP contribution < -0.4 is 5.32 Å². The summed E-state index contributed by atoms with van der Waals surface area (Å²) in [6.07, 6.45) is 4.66. The molecule has 1 N–H and O–H groups in total. The predicted octanol–water partition coefficient (Wildman–Crippen LogP) is 1.44. The van der Waals surface area contributed by atoms with E-state index in [4.69, 9.17) is 4.74 Å². The van der Waals surface area contributed by atoms with Crippen molar-refractivity contribution in [1.82, 2.24) is 10.2 Å². The summed E-state index contributed by atoms with van der Waals surface area (Å²) in [7, 11) is 0. The predicted molar refractivity (Wildman–Crippen MR) is 64.2 cm³/mol. The molecule has 0 aromatic rings. The summed E-state index contributed by atoms with van der Waals surface area (Å²) >= 11 is 0. The topological polar surface area (TPSA) is 24.5 Å². The Balaban J connectivity index is 1.72. The number of hydrogen-bond acceptors (Lipinski definition) is 3. The quantitative estimate of drug-likeness (QED) is 0.729. The van der Waals surface area contributed by atoms with Gasteiger partial charge in [-0.1, -0.05) is 13.8 Å². The monoisotopic (exact) mass is 224 g/mol. The van der Waals surface area contributed by atoms with Crippen molar-refractivity contribution in [2.24, 2.45) is 11.8 Å². The van der Waals surface area contributed by atoms with Gasteiger partial charge in [0.15, 0.2) is 0 Å². The molecule has 3 aliphatic rings. The third-order valence-corrected chi connectivity index (χ3v) is 4.61. The summed E-state index contributed by atoms with van der Waals surface area (Å²) in [5.41, 5.74) is 0. The van der Waals surface area contributed by atoms with Crippen LogP contribution in [0.5, 0.6) is 0 Å². The van der Waals surface area contributed by atoms with Crippen LogP contribution in [0.25, 0.3) is 0 Å². The Bertz CT molecular complexity index is 242. The Hall–Kier alpha value is -0.120. The van der Waals surface area contributed by atoms with Crippen molar-refractivity contribution >= 4 is 0 Å². The summed E-state index contributed by atoms with van der Waals surface area (Å²) in [5.74, 6) is 1.62. The van der Waals surface area contributed by atoms with Gasteiger partial charge in [-0.2, -0.15) is 0 Å². The molecule has 3 fully saturated rings. The number of fused-ring (bicyclic) bond motifs is 2. The van der Waals surface area contributed by atoms with Crippen LogP contribution in [0.2, 0.25) is 0 Å². The van der Waals surface area contributed by atoms with Gasteiger partial charge in [-0.25, -0.2) is 0 Å². The molecular weight excluding hydrogens is 200 g/mol. The highest BCUT2D eigenvalue weighted by molar-refractivity contribution is 4.96. The molecular formula is C13H24N2O. The molecule has 0 aromatic heterocycles. The minimum absolute atomic E-state index is 0.609. The second-order valence-electron chi connectivity index (χ2n) is 6.04. The van der Waals surface area contributed by atoms with Gasteiger partial charge >= 0.3 is 0 Å². The molecule has 3 nitrogen and oxygen atoms in total. The molecule has 3 rings (SSSR count). The fourth-order valence-corrected chi connectivity index (χ4v) is 3.88. The Morgan fingerprint density at radius 1 is 1.12 bits per heavy atom. The van der Waals surface area contributed by atoms with Crippen LogP contribution in [-0.4, -0.2) is 42.9 Å². The van der Waals surface area contributed by atoms with E-state index >= 15 is 0 Å². The molecule has 3 heterocycles. The highest BCUT2D eigenvalue weighted by Gasteiger charge is 2.43. The molecule has 0 saturated carbocycles. The van der Waals surface area contributed by atoms with Crippen LogP contribution in [0.4, 0.5) is 0 Å². The van der Waals surface area contributed by atoms with Gasteiger partial charge in [-0.15, -0.1) is 0 Å². The highest BCUT2D eigenvalue weighted by atomic mass is 16.5. The minimum Gasteiger partial charge on any atom is -0.378 e. The summed E-state index contributed by atoms with van der Waals surface area (Å²) in [4.78, 5) is 2.74. The molecule has 3 heteroatoms. The van der Waals surface area contributed by atoms with Crippen molar-refractivity contribution in [3.8, 4) is 0 Å². The summed E-state index contributed by atoms with van der Waals surface area (Å²) in [5, 5.41) is 3.76. The fourth-order valence-electron chi connectivity index (χ4n) is 3.88. The molecule has 0 aliphatic carbocycles. The third kappa shape index (κ3) is 1.79. The average molecular weight is 224 g/mol. The smallest absolute Gasteiger partial charge is 0.0630 e. The Morgan fingerprint density at radius 2 is 1.81 bits per heavy atom. The van der Waals surface area contributed by atoms with Crippen molar-refractivity contribution in [2.75, 3.05) is 19.8 Å². The lowest BCUT2D eigenvalue weighted by atomic mass is 9.89. The summed E-state index contributed by atoms with van der Waals surface area (Å²) in [6, 6.07) is 1.37. The second-order valence-corrected chi connectivity index (χ2v) is 6.04. The molecule has 0 radical (unpaired) electrons. The third-order valence-electron chi connectivity index (χ3n) is 4.61. The average Bonchev–Trinajstić information content (AvgIpc) is 2.50. The zero-order chi connectivity index (χ0) is 11.1. The molecule has 2 bridgehead atoms. The molecule has 0 aromatic carbocycles. The molecule has 5 atom stereocenters. The lowest BCUT2D eigenvalue weighted by molar-refractivity contribution is -0.0646. The van der Waals surface area contributed by atoms with Gasteiger partial charge in [0.2, 0.25) is 0 Å². The van der Waals surface area contributed by atoms with Crippen molar-refractivity contribution in [1.29, 1.82) is 0 Å². The zero-order valence-electron chi connectivity index (χ0n) is 10.5.